The summed E-state index contributed by atoms with van der Waals surface area (Å²) in [7, 11) is 0. The zero-order chi connectivity index (χ0) is 22.7. The second-order valence-corrected chi connectivity index (χ2v) is 9.88. The average Bonchev–Trinajstić information content (AvgIpc) is 3.47. The van der Waals surface area contributed by atoms with Crippen LogP contribution in [-0.2, 0) is 4.79 Å². The van der Waals surface area contributed by atoms with Crippen LogP contribution in [0, 0.1) is 13.8 Å². The van der Waals surface area contributed by atoms with Crippen molar-refractivity contribution in [3.05, 3.63) is 46.8 Å². The summed E-state index contributed by atoms with van der Waals surface area (Å²) in [5, 5.41) is 7.29. The van der Waals surface area contributed by atoms with Gasteiger partial charge in [-0.1, -0.05) is 51.7 Å². The number of hydrogen-bond acceptors (Lipinski definition) is 5. The molecule has 4 rings (SSSR count). The first-order valence-corrected chi connectivity index (χ1v) is 12.4. The molecule has 2 N–H and O–H groups in total. The molecule has 2 atom stereocenters. The highest BCUT2D eigenvalue weighted by atomic mass is 16.1. The van der Waals surface area contributed by atoms with Gasteiger partial charge >= 0.3 is 0 Å². The zero-order valence-corrected chi connectivity index (χ0v) is 20.1. The molecule has 2 aliphatic rings. The molecule has 0 aliphatic heterocycles. The second kappa shape index (κ2) is 10.0. The number of hydrogen-bond donors (Lipinski definition) is 2. The first-order chi connectivity index (χ1) is 15.4. The summed E-state index contributed by atoms with van der Waals surface area (Å²) in [6, 6.07) is 9.13. The molecule has 5 nitrogen and oxygen atoms in total. The Morgan fingerprint density at radius 2 is 1.12 bits per heavy atom. The smallest absolute Gasteiger partial charge is 0.147 e. The summed E-state index contributed by atoms with van der Waals surface area (Å²) < 4.78 is 0. The van der Waals surface area contributed by atoms with Gasteiger partial charge in [-0.05, 0) is 51.7 Å². The van der Waals surface area contributed by atoms with Gasteiger partial charge < -0.3 is 10.6 Å². The van der Waals surface area contributed by atoms with E-state index >= 15 is 0 Å². The molecule has 2 saturated carbocycles. The Bertz CT molecular complexity index is 869. The van der Waals surface area contributed by atoms with Crippen LogP contribution in [0.2, 0.25) is 0 Å². The molecule has 0 aromatic carbocycles. The number of rotatable bonds is 8. The van der Waals surface area contributed by atoms with Gasteiger partial charge in [0, 0.05) is 46.4 Å². The summed E-state index contributed by atoms with van der Waals surface area (Å²) in [6.45, 7) is 8.07. The minimum absolute atomic E-state index is 0.213. The molecule has 0 spiro atoms. The highest BCUT2D eigenvalue weighted by Crippen LogP contribution is 2.34. The molecule has 2 unspecified atom stereocenters. The van der Waals surface area contributed by atoms with Crippen LogP contribution in [0.15, 0.2) is 24.3 Å². The minimum atomic E-state index is -0.234. The van der Waals surface area contributed by atoms with Crippen molar-refractivity contribution in [2.45, 2.75) is 103 Å². The molecule has 0 saturated heterocycles. The van der Waals surface area contributed by atoms with Crippen LogP contribution in [0.25, 0.3) is 0 Å². The number of Topliss-reactive ketones (excluding diaryl/α,β-unsaturated/α-hetero) is 1. The van der Waals surface area contributed by atoms with E-state index in [9.17, 15) is 4.79 Å². The maximum atomic E-state index is 13.7. The number of carbonyl (C=O) groups excluding carboxylic acids is 1. The normalized spacial score (nSPS) is 19.1. The van der Waals surface area contributed by atoms with Crippen molar-refractivity contribution < 1.29 is 4.79 Å². The van der Waals surface area contributed by atoms with Crippen molar-refractivity contribution >= 4 is 17.4 Å². The maximum Gasteiger partial charge on any atom is 0.147 e. The van der Waals surface area contributed by atoms with Gasteiger partial charge in [-0.3, -0.25) is 4.79 Å². The van der Waals surface area contributed by atoms with E-state index in [0.29, 0.717) is 12.1 Å². The van der Waals surface area contributed by atoms with Crippen molar-refractivity contribution in [2.24, 2.45) is 0 Å². The fourth-order valence-corrected chi connectivity index (χ4v) is 5.27. The number of nitrogens with one attached hydrogen (secondary N) is 2. The van der Waals surface area contributed by atoms with Crippen molar-refractivity contribution in [1.82, 2.24) is 9.97 Å². The lowest BCUT2D eigenvalue weighted by atomic mass is 9.85. The Labute approximate surface area is 192 Å². The Kier molecular flexibility index (Phi) is 7.12. The molecule has 172 valence electrons. The van der Waals surface area contributed by atoms with Crippen LogP contribution in [-0.4, -0.2) is 27.8 Å². The van der Waals surface area contributed by atoms with Gasteiger partial charge in [0.05, 0.1) is 0 Å². The fraction of sp³-hybridized carbons (Fsp3) is 0.593. The van der Waals surface area contributed by atoms with Crippen molar-refractivity contribution in [3.8, 4) is 0 Å². The molecular formula is C27H38N4O. The number of carbonyl (C=O) groups is 1. The molecule has 2 aromatic heterocycles. The van der Waals surface area contributed by atoms with Gasteiger partial charge in [-0.25, -0.2) is 9.97 Å². The Hall–Kier alpha value is -2.43. The topological polar surface area (TPSA) is 66.9 Å². The largest absolute Gasteiger partial charge is 0.367 e. The highest BCUT2D eigenvalue weighted by molar-refractivity contribution is 5.93. The SMILES string of the molecule is Cc1ccc(C(C)C(=O)C(C)c2ccc(C)nc2NC2CCCC2)c(NC2CCCC2)n1. The molecule has 2 heterocycles. The number of aromatic nitrogens is 2. The van der Waals surface area contributed by atoms with Crippen LogP contribution in [0.3, 0.4) is 0 Å². The van der Waals surface area contributed by atoms with Crippen LogP contribution in [0.1, 0.15) is 99.6 Å². The summed E-state index contributed by atoms with van der Waals surface area (Å²) in [6.07, 6.45) is 9.78. The zero-order valence-electron chi connectivity index (χ0n) is 20.1. The minimum Gasteiger partial charge on any atom is -0.367 e. The summed E-state index contributed by atoms with van der Waals surface area (Å²) in [4.78, 5) is 23.2. The predicted molar refractivity (Wildman–Crippen MR) is 132 cm³/mol. The van der Waals surface area contributed by atoms with Crippen LogP contribution >= 0.6 is 0 Å². The number of aryl methyl sites for hydroxylation is 2. The van der Waals surface area contributed by atoms with Crippen LogP contribution < -0.4 is 10.6 Å². The first-order valence-electron chi connectivity index (χ1n) is 12.4. The molecule has 2 aromatic rings. The summed E-state index contributed by atoms with van der Waals surface area (Å²) in [5.74, 6) is 1.52. The lowest BCUT2D eigenvalue weighted by Crippen LogP contribution is -2.23. The Balaban J connectivity index is 1.57. The lowest BCUT2D eigenvalue weighted by Gasteiger charge is -2.24. The van der Waals surface area contributed by atoms with E-state index in [0.717, 1.165) is 34.2 Å². The second-order valence-electron chi connectivity index (χ2n) is 9.88. The molecule has 2 aliphatic carbocycles. The van der Waals surface area contributed by atoms with Crippen LogP contribution in [0.4, 0.5) is 11.6 Å². The first kappa shape index (κ1) is 22.8. The monoisotopic (exact) mass is 434 g/mol. The van der Waals surface area contributed by atoms with E-state index in [4.69, 9.17) is 9.97 Å². The van der Waals surface area contributed by atoms with Gasteiger partial charge in [-0.2, -0.15) is 0 Å². The van der Waals surface area contributed by atoms with Crippen molar-refractivity contribution in [2.75, 3.05) is 10.6 Å². The number of nitrogens with zero attached hydrogens (tertiary/aromatic N) is 2. The van der Waals surface area contributed by atoms with Gasteiger partial charge in [0.15, 0.2) is 0 Å². The van der Waals surface area contributed by atoms with Crippen molar-refractivity contribution in [3.63, 3.8) is 0 Å². The van der Waals surface area contributed by atoms with Gasteiger partial charge in [0.2, 0.25) is 0 Å². The highest BCUT2D eigenvalue weighted by Gasteiger charge is 2.29. The lowest BCUT2D eigenvalue weighted by molar-refractivity contribution is -0.121. The summed E-state index contributed by atoms with van der Waals surface area (Å²) in [5.41, 5.74) is 3.97. The maximum absolute atomic E-state index is 13.7. The van der Waals surface area contributed by atoms with E-state index < -0.39 is 0 Å². The number of pyridine rings is 2. The molecular weight excluding hydrogens is 396 g/mol. The van der Waals surface area contributed by atoms with Crippen LogP contribution in [0.5, 0.6) is 0 Å². The molecule has 2 fully saturated rings. The molecule has 0 radical (unpaired) electrons. The third-order valence-corrected chi connectivity index (χ3v) is 7.31. The number of ketones is 1. The Morgan fingerprint density at radius 1 is 0.750 bits per heavy atom. The van der Waals surface area contributed by atoms with E-state index in [1.54, 1.807) is 0 Å². The third kappa shape index (κ3) is 5.13. The summed E-state index contributed by atoms with van der Waals surface area (Å²) >= 11 is 0. The Morgan fingerprint density at radius 3 is 1.50 bits per heavy atom. The van der Waals surface area contributed by atoms with Gasteiger partial charge in [0.1, 0.15) is 17.4 Å². The van der Waals surface area contributed by atoms with E-state index in [1.807, 2.05) is 39.8 Å². The van der Waals surface area contributed by atoms with E-state index in [-0.39, 0.29) is 17.6 Å². The standard InChI is InChI=1S/C27H38N4O/c1-17-13-15-23(26(28-17)30-21-9-5-6-10-21)19(3)25(32)20(4)24-16-14-18(2)29-27(24)31-22-11-7-8-12-22/h13-16,19-22H,5-12H2,1-4H3,(H,28,30)(H,29,31). The quantitative estimate of drug-likeness (QED) is 0.512. The van der Waals surface area contributed by atoms with E-state index in [2.05, 4.69) is 22.8 Å². The average molecular weight is 435 g/mol. The molecule has 5 heteroatoms. The molecule has 32 heavy (non-hydrogen) atoms. The predicted octanol–water partition coefficient (Wildman–Crippen LogP) is 6.28. The van der Waals surface area contributed by atoms with Gasteiger partial charge in [-0.15, -0.1) is 0 Å². The van der Waals surface area contributed by atoms with Crippen molar-refractivity contribution in [1.29, 1.82) is 0 Å². The molecule has 0 bridgehead atoms. The fourth-order valence-electron chi connectivity index (χ4n) is 5.27. The van der Waals surface area contributed by atoms with E-state index in [1.165, 1.54) is 51.4 Å². The number of anilines is 2. The third-order valence-electron chi connectivity index (χ3n) is 7.31. The molecule has 0 amide bonds. The van der Waals surface area contributed by atoms with Gasteiger partial charge in [0.25, 0.3) is 0 Å².